The fourth-order valence-corrected chi connectivity index (χ4v) is 7.96. The standard InChI is InChI=1S/C40H45FN4O7/c1-38(2,3)52-37(50)43-30-17-8-6-4-5-7-13-25-21-40(25,36(48)49)44-34(46)31-22-39(23-45(31)35(30)47)19-18-28-27-15-9-10-16-29(27)42-32(33(28)51-39)24-12-11-14-26(41)20-24/h7,9-16,20,25,30-31H,4-6,8,17-19,21-23H2,1-3H3,(H,43,50)(H,44,46)(H,48,49)/t25-,30+,31+,39-,40-/m1/s1. The molecule has 1 saturated carbocycles. The normalized spacial score (nSPS) is 27.7. The zero-order valence-corrected chi connectivity index (χ0v) is 29.7. The van der Waals surface area contributed by atoms with Crippen molar-refractivity contribution < 1.29 is 38.1 Å². The molecule has 1 aromatic heterocycles. The Hall–Kier alpha value is -5.00. The summed E-state index contributed by atoms with van der Waals surface area (Å²) in [6.45, 7) is 5.22. The minimum absolute atomic E-state index is 0.00861. The van der Waals surface area contributed by atoms with Crippen LogP contribution in [0.5, 0.6) is 5.75 Å². The molecule has 5 atom stereocenters. The Kier molecular flexibility index (Phi) is 9.21. The molecule has 12 heteroatoms. The minimum atomic E-state index is -1.47. The van der Waals surface area contributed by atoms with Crippen LogP contribution in [0.3, 0.4) is 0 Å². The van der Waals surface area contributed by atoms with E-state index in [1.807, 2.05) is 36.4 Å². The van der Waals surface area contributed by atoms with Gasteiger partial charge in [-0.05, 0) is 77.5 Å². The fourth-order valence-electron chi connectivity index (χ4n) is 7.96. The number of nitrogens with zero attached hydrogens (tertiary/aromatic N) is 2. The summed E-state index contributed by atoms with van der Waals surface area (Å²) in [6.07, 6.45) is 7.69. The van der Waals surface area contributed by atoms with Crippen molar-refractivity contribution in [1.29, 1.82) is 0 Å². The molecular weight excluding hydrogens is 667 g/mol. The number of aliphatic carboxylic acids is 1. The number of hydrogen-bond donors (Lipinski definition) is 3. The molecule has 0 radical (unpaired) electrons. The fraction of sp³-hybridized carbons (Fsp3) is 0.475. The van der Waals surface area contributed by atoms with Crippen LogP contribution in [0.4, 0.5) is 9.18 Å². The number of carbonyl (C=O) groups excluding carboxylic acids is 3. The number of pyridine rings is 1. The second-order valence-electron chi connectivity index (χ2n) is 15.6. The third-order valence-electron chi connectivity index (χ3n) is 10.6. The minimum Gasteiger partial charge on any atom is -0.483 e. The molecule has 1 saturated heterocycles. The predicted octanol–water partition coefficient (Wildman–Crippen LogP) is 6.08. The molecule has 3 N–H and O–H groups in total. The molecule has 3 aliphatic heterocycles. The number of carboxylic acid groups (broad SMARTS) is 1. The molecule has 3 amide bonds. The van der Waals surface area contributed by atoms with Gasteiger partial charge in [-0.3, -0.25) is 9.59 Å². The number of carbonyl (C=O) groups is 4. The summed E-state index contributed by atoms with van der Waals surface area (Å²) in [5.41, 5.74) is -0.716. The van der Waals surface area contributed by atoms with Crippen LogP contribution in [0.1, 0.15) is 77.7 Å². The molecule has 4 heterocycles. The molecule has 0 unspecified atom stereocenters. The van der Waals surface area contributed by atoms with Crippen molar-refractivity contribution in [2.75, 3.05) is 6.54 Å². The summed E-state index contributed by atoms with van der Waals surface area (Å²) in [5, 5.41) is 16.8. The van der Waals surface area contributed by atoms with Gasteiger partial charge in [-0.1, -0.05) is 55.3 Å². The molecule has 7 rings (SSSR count). The zero-order valence-electron chi connectivity index (χ0n) is 29.7. The average Bonchev–Trinajstić information content (AvgIpc) is 3.67. The third kappa shape index (κ3) is 6.95. The van der Waals surface area contributed by atoms with Crippen molar-refractivity contribution >= 4 is 34.8 Å². The van der Waals surface area contributed by atoms with Gasteiger partial charge < -0.3 is 30.1 Å². The van der Waals surface area contributed by atoms with E-state index in [1.165, 1.54) is 17.0 Å². The van der Waals surface area contributed by atoms with Gasteiger partial charge in [0.15, 0.2) is 0 Å². The van der Waals surface area contributed by atoms with E-state index < -0.39 is 58.5 Å². The Bertz CT molecular complexity index is 1960. The lowest BCUT2D eigenvalue weighted by Gasteiger charge is -2.37. The summed E-state index contributed by atoms with van der Waals surface area (Å²) in [6, 6.07) is 11.7. The molecule has 52 heavy (non-hydrogen) atoms. The van der Waals surface area contributed by atoms with Gasteiger partial charge in [0, 0.05) is 28.9 Å². The van der Waals surface area contributed by atoms with Crippen molar-refractivity contribution in [3.8, 4) is 17.0 Å². The Labute approximate surface area is 301 Å². The van der Waals surface area contributed by atoms with Crippen LogP contribution < -0.4 is 15.4 Å². The van der Waals surface area contributed by atoms with Gasteiger partial charge in [0.05, 0.1) is 12.1 Å². The lowest BCUT2D eigenvalue weighted by atomic mass is 9.86. The van der Waals surface area contributed by atoms with E-state index in [0.717, 1.165) is 35.7 Å². The first-order valence-electron chi connectivity index (χ1n) is 18.2. The topological polar surface area (TPSA) is 147 Å². The number of amides is 3. The van der Waals surface area contributed by atoms with Crippen LogP contribution in [0, 0.1) is 11.7 Å². The highest BCUT2D eigenvalue weighted by Gasteiger charge is 2.62. The second-order valence-corrected chi connectivity index (χ2v) is 15.6. The van der Waals surface area contributed by atoms with Crippen molar-refractivity contribution in [2.24, 2.45) is 5.92 Å². The molecule has 4 aliphatic rings. The monoisotopic (exact) mass is 712 g/mol. The Morgan fingerprint density at radius 2 is 1.90 bits per heavy atom. The first-order chi connectivity index (χ1) is 24.8. The maximum atomic E-state index is 14.6. The summed E-state index contributed by atoms with van der Waals surface area (Å²) < 4.78 is 27.0. The van der Waals surface area contributed by atoms with Crippen LogP contribution in [0.25, 0.3) is 22.2 Å². The van der Waals surface area contributed by atoms with Gasteiger partial charge in [-0.15, -0.1) is 0 Å². The van der Waals surface area contributed by atoms with Crippen molar-refractivity contribution in [3.63, 3.8) is 0 Å². The third-order valence-corrected chi connectivity index (χ3v) is 10.6. The van der Waals surface area contributed by atoms with Crippen molar-refractivity contribution in [3.05, 3.63) is 72.1 Å². The number of ether oxygens (including phenoxy) is 2. The molecule has 2 fully saturated rings. The number of carboxylic acids is 1. The first kappa shape index (κ1) is 35.4. The van der Waals surface area contributed by atoms with Gasteiger partial charge >= 0.3 is 12.1 Å². The molecule has 11 nitrogen and oxygen atoms in total. The van der Waals surface area contributed by atoms with Crippen LogP contribution in [-0.2, 0) is 25.5 Å². The Morgan fingerprint density at radius 3 is 2.67 bits per heavy atom. The molecule has 1 aliphatic carbocycles. The average molecular weight is 713 g/mol. The number of aromatic nitrogens is 1. The second kappa shape index (κ2) is 13.5. The number of aryl methyl sites for hydroxylation is 1. The van der Waals surface area contributed by atoms with Gasteiger partial charge in [0.2, 0.25) is 11.8 Å². The lowest BCUT2D eigenvalue weighted by Crippen LogP contribution is -2.56. The van der Waals surface area contributed by atoms with Crippen LogP contribution in [0.15, 0.2) is 60.7 Å². The highest BCUT2D eigenvalue weighted by Crippen LogP contribution is 2.49. The molecule has 274 valence electrons. The summed E-state index contributed by atoms with van der Waals surface area (Å²) >= 11 is 0. The van der Waals surface area contributed by atoms with Crippen LogP contribution >= 0.6 is 0 Å². The highest BCUT2D eigenvalue weighted by molar-refractivity contribution is 5.96. The summed E-state index contributed by atoms with van der Waals surface area (Å²) in [5.74, 6) is -2.52. The number of benzene rings is 2. The smallest absolute Gasteiger partial charge is 0.408 e. The van der Waals surface area contributed by atoms with Crippen LogP contribution in [0.2, 0.25) is 0 Å². The van der Waals surface area contributed by atoms with Crippen LogP contribution in [-0.4, -0.2) is 74.2 Å². The quantitative estimate of drug-likeness (QED) is 0.277. The number of nitrogens with one attached hydrogen (secondary N) is 2. The van der Waals surface area contributed by atoms with Crippen molar-refractivity contribution in [1.82, 2.24) is 20.5 Å². The number of rotatable bonds is 3. The number of hydrogen-bond acceptors (Lipinski definition) is 7. The molecule has 1 spiro atoms. The number of alkyl carbamates (subject to hydrolysis) is 1. The SMILES string of the molecule is CC(C)(C)OC(=O)N[C@H]1CCCCCC=C[C@@H]2C[C@@]2(C(=O)O)NC(=O)[C@@H]2C[C@]3(CCc4c(c(-c5cccc(F)c5)nc5ccccc45)O3)CN2C1=O. The largest absolute Gasteiger partial charge is 0.483 e. The summed E-state index contributed by atoms with van der Waals surface area (Å²) in [4.78, 5) is 60.9. The zero-order chi connectivity index (χ0) is 36.8. The van der Waals surface area contributed by atoms with E-state index >= 15 is 0 Å². The highest BCUT2D eigenvalue weighted by atomic mass is 19.1. The lowest BCUT2D eigenvalue weighted by molar-refractivity contribution is -0.145. The predicted molar refractivity (Wildman–Crippen MR) is 191 cm³/mol. The molecular formula is C40H45FN4O7. The molecule has 3 aromatic rings. The van der Waals surface area contributed by atoms with E-state index in [4.69, 9.17) is 14.5 Å². The summed E-state index contributed by atoms with van der Waals surface area (Å²) in [7, 11) is 0. The van der Waals surface area contributed by atoms with E-state index in [2.05, 4.69) is 10.6 Å². The maximum Gasteiger partial charge on any atom is 0.408 e. The van der Waals surface area contributed by atoms with E-state index in [0.29, 0.717) is 42.7 Å². The molecule has 0 bridgehead atoms. The number of allylic oxidation sites excluding steroid dienone is 1. The van der Waals surface area contributed by atoms with E-state index in [-0.39, 0.29) is 25.3 Å². The van der Waals surface area contributed by atoms with Gasteiger partial charge in [-0.25, -0.2) is 19.0 Å². The molecule has 2 aromatic carbocycles. The maximum absolute atomic E-state index is 14.6. The number of fused-ring (bicyclic) bond motifs is 5. The van der Waals surface area contributed by atoms with Crippen molar-refractivity contribution in [2.45, 2.75) is 107 Å². The van der Waals surface area contributed by atoms with E-state index in [9.17, 15) is 28.7 Å². The first-order valence-corrected chi connectivity index (χ1v) is 18.2. The van der Waals surface area contributed by atoms with Gasteiger partial charge in [0.25, 0.3) is 0 Å². The van der Waals surface area contributed by atoms with E-state index in [1.54, 1.807) is 32.9 Å². The Balaban J connectivity index is 1.28. The van der Waals surface area contributed by atoms with Gasteiger partial charge in [-0.2, -0.15) is 0 Å². The number of halogens is 1. The van der Waals surface area contributed by atoms with Gasteiger partial charge in [0.1, 0.15) is 46.1 Å². The number of para-hydroxylation sites is 1. The Morgan fingerprint density at radius 1 is 1.10 bits per heavy atom.